The molecule has 0 aliphatic rings. The average molecular weight is 293 g/mol. The number of hydrazone groups is 1. The van der Waals surface area contributed by atoms with Crippen LogP contribution in [0.5, 0.6) is 0 Å². The Hall–Kier alpha value is -1.46. The van der Waals surface area contributed by atoms with Crippen LogP contribution >= 0.6 is 12.2 Å². The molecule has 20 heavy (non-hydrogen) atoms. The summed E-state index contributed by atoms with van der Waals surface area (Å²) in [6.45, 7) is 7.86. The van der Waals surface area contributed by atoms with Crippen LogP contribution < -0.4 is 10.7 Å². The Morgan fingerprint density at radius 2 is 1.95 bits per heavy atom. The molecule has 0 bridgehead atoms. The summed E-state index contributed by atoms with van der Waals surface area (Å²) in [5.41, 5.74) is 5.27. The molecule has 110 valence electrons. The average Bonchev–Trinajstić information content (AvgIpc) is 2.38. The van der Waals surface area contributed by atoms with E-state index in [1.165, 1.54) is 5.56 Å². The molecule has 0 fully saturated rings. The van der Waals surface area contributed by atoms with E-state index in [2.05, 4.69) is 48.7 Å². The Kier molecular flexibility index (Phi) is 6.61. The van der Waals surface area contributed by atoms with Gasteiger partial charge >= 0.3 is 0 Å². The first-order valence-electron chi connectivity index (χ1n) is 6.60. The molecule has 0 spiro atoms. The van der Waals surface area contributed by atoms with Gasteiger partial charge in [-0.1, -0.05) is 45.0 Å². The third-order valence-electron chi connectivity index (χ3n) is 2.75. The van der Waals surface area contributed by atoms with Crippen molar-refractivity contribution in [1.82, 2.24) is 10.7 Å². The van der Waals surface area contributed by atoms with Crippen LogP contribution in [0.1, 0.15) is 31.9 Å². The van der Waals surface area contributed by atoms with Gasteiger partial charge in [-0.25, -0.2) is 0 Å². The maximum absolute atomic E-state index is 5.06. The van der Waals surface area contributed by atoms with Crippen molar-refractivity contribution in [1.29, 1.82) is 0 Å². The second-order valence-electron chi connectivity index (χ2n) is 5.49. The summed E-state index contributed by atoms with van der Waals surface area (Å²) in [4.78, 5) is 0. The third-order valence-corrected chi connectivity index (χ3v) is 2.98. The first-order chi connectivity index (χ1) is 9.43. The summed E-state index contributed by atoms with van der Waals surface area (Å²) in [5.74, 6) is 0. The summed E-state index contributed by atoms with van der Waals surface area (Å²) < 4.78 is 4.92. The van der Waals surface area contributed by atoms with Crippen LogP contribution in [0, 0.1) is 0 Å². The van der Waals surface area contributed by atoms with Crippen molar-refractivity contribution in [3.05, 3.63) is 35.4 Å². The first-order valence-corrected chi connectivity index (χ1v) is 7.00. The molecule has 1 aromatic carbocycles. The number of nitrogens with zero attached hydrogens (tertiary/aromatic N) is 1. The zero-order chi connectivity index (χ0) is 15.0. The van der Waals surface area contributed by atoms with Gasteiger partial charge in [0.1, 0.15) is 0 Å². The topological polar surface area (TPSA) is 45.6 Å². The smallest absolute Gasteiger partial charge is 0.187 e. The molecule has 0 saturated heterocycles. The number of rotatable bonds is 5. The standard InChI is InChI=1S/C15H23N3OS/c1-15(2,3)13-7-5-12(6-8-13)11-17-18-14(20)16-9-10-19-4/h5-8,11H,9-10H2,1-4H3,(H2,16,18,20). The lowest BCUT2D eigenvalue weighted by Gasteiger charge is -2.18. The van der Waals surface area contributed by atoms with Crippen LogP contribution in [0.4, 0.5) is 0 Å². The largest absolute Gasteiger partial charge is 0.383 e. The highest BCUT2D eigenvalue weighted by atomic mass is 32.1. The molecule has 0 amide bonds. The van der Waals surface area contributed by atoms with Gasteiger partial charge in [-0.2, -0.15) is 5.10 Å². The minimum absolute atomic E-state index is 0.167. The van der Waals surface area contributed by atoms with Gasteiger partial charge in [-0.05, 0) is 28.8 Å². The van der Waals surface area contributed by atoms with Crippen LogP contribution in [0.3, 0.4) is 0 Å². The van der Waals surface area contributed by atoms with E-state index in [4.69, 9.17) is 17.0 Å². The second-order valence-corrected chi connectivity index (χ2v) is 5.90. The highest BCUT2D eigenvalue weighted by Crippen LogP contribution is 2.21. The predicted molar refractivity (Wildman–Crippen MR) is 88.3 cm³/mol. The van der Waals surface area contributed by atoms with Crippen LogP contribution in [0.2, 0.25) is 0 Å². The highest BCUT2D eigenvalue weighted by Gasteiger charge is 2.12. The molecule has 4 nitrogen and oxygen atoms in total. The SMILES string of the molecule is COCCNC(=S)NN=Cc1ccc(C(C)(C)C)cc1. The first kappa shape index (κ1) is 16.6. The molecule has 1 aromatic rings. The minimum atomic E-state index is 0.167. The van der Waals surface area contributed by atoms with Gasteiger partial charge in [0, 0.05) is 13.7 Å². The Labute approximate surface area is 126 Å². The zero-order valence-corrected chi connectivity index (χ0v) is 13.4. The van der Waals surface area contributed by atoms with E-state index in [9.17, 15) is 0 Å². The maximum Gasteiger partial charge on any atom is 0.187 e. The summed E-state index contributed by atoms with van der Waals surface area (Å²) in [5, 5.41) is 7.56. The van der Waals surface area contributed by atoms with Gasteiger partial charge in [-0.15, -0.1) is 0 Å². The fourth-order valence-corrected chi connectivity index (χ4v) is 1.70. The summed E-state index contributed by atoms with van der Waals surface area (Å²) >= 11 is 5.06. The van der Waals surface area contributed by atoms with Gasteiger partial charge in [-0.3, -0.25) is 5.43 Å². The van der Waals surface area contributed by atoms with Crippen molar-refractivity contribution in [2.75, 3.05) is 20.3 Å². The number of methoxy groups -OCH3 is 1. The Morgan fingerprint density at radius 3 is 2.50 bits per heavy atom. The van der Waals surface area contributed by atoms with Crippen molar-refractivity contribution in [3.63, 3.8) is 0 Å². The number of thiocarbonyl (C=S) groups is 1. The quantitative estimate of drug-likeness (QED) is 0.379. The van der Waals surface area contributed by atoms with Crippen LogP contribution in [-0.4, -0.2) is 31.6 Å². The molecule has 5 heteroatoms. The molecule has 0 saturated carbocycles. The fraction of sp³-hybridized carbons (Fsp3) is 0.467. The van der Waals surface area contributed by atoms with Crippen molar-refractivity contribution < 1.29 is 4.74 Å². The number of hydrogen-bond acceptors (Lipinski definition) is 3. The van der Waals surface area contributed by atoms with Crippen LogP contribution in [0.15, 0.2) is 29.4 Å². The van der Waals surface area contributed by atoms with E-state index < -0.39 is 0 Å². The predicted octanol–water partition coefficient (Wildman–Crippen LogP) is 2.43. The van der Waals surface area contributed by atoms with E-state index in [0.717, 1.165) is 5.56 Å². The number of nitrogens with one attached hydrogen (secondary N) is 2. The highest BCUT2D eigenvalue weighted by molar-refractivity contribution is 7.80. The van der Waals surface area contributed by atoms with Crippen molar-refractivity contribution in [2.45, 2.75) is 26.2 Å². The van der Waals surface area contributed by atoms with Crippen molar-refractivity contribution in [2.24, 2.45) is 5.10 Å². The lowest BCUT2D eigenvalue weighted by molar-refractivity contribution is 0.204. The molecule has 1 rings (SSSR count). The number of hydrogen-bond donors (Lipinski definition) is 2. The Balaban J connectivity index is 2.44. The summed E-state index contributed by atoms with van der Waals surface area (Å²) in [7, 11) is 1.65. The van der Waals surface area contributed by atoms with E-state index in [-0.39, 0.29) is 5.41 Å². The lowest BCUT2D eigenvalue weighted by atomic mass is 9.87. The van der Waals surface area contributed by atoms with Gasteiger partial charge in [0.05, 0.1) is 12.8 Å². The van der Waals surface area contributed by atoms with Gasteiger partial charge < -0.3 is 10.1 Å². The molecule has 0 heterocycles. The molecular formula is C15H23N3OS. The monoisotopic (exact) mass is 293 g/mol. The van der Waals surface area contributed by atoms with Gasteiger partial charge in [0.2, 0.25) is 0 Å². The molecule has 0 radical (unpaired) electrons. The Bertz CT molecular complexity index is 449. The van der Waals surface area contributed by atoms with E-state index in [1.54, 1.807) is 13.3 Å². The molecule has 0 unspecified atom stereocenters. The van der Waals surface area contributed by atoms with Gasteiger partial charge in [0.15, 0.2) is 5.11 Å². The van der Waals surface area contributed by atoms with Crippen LogP contribution in [-0.2, 0) is 10.2 Å². The maximum atomic E-state index is 5.06. The zero-order valence-electron chi connectivity index (χ0n) is 12.6. The number of ether oxygens (including phenoxy) is 1. The van der Waals surface area contributed by atoms with Crippen molar-refractivity contribution in [3.8, 4) is 0 Å². The molecule has 0 aliphatic heterocycles. The Morgan fingerprint density at radius 1 is 1.30 bits per heavy atom. The summed E-state index contributed by atoms with van der Waals surface area (Å²) in [6, 6.07) is 8.34. The van der Waals surface area contributed by atoms with Gasteiger partial charge in [0.25, 0.3) is 0 Å². The molecule has 0 aromatic heterocycles. The summed E-state index contributed by atoms with van der Waals surface area (Å²) in [6.07, 6.45) is 1.75. The van der Waals surface area contributed by atoms with Crippen molar-refractivity contribution >= 4 is 23.5 Å². The van der Waals surface area contributed by atoms with E-state index in [1.807, 2.05) is 12.1 Å². The molecule has 0 aliphatic carbocycles. The fourth-order valence-electron chi connectivity index (χ4n) is 1.54. The molecule has 2 N–H and O–H groups in total. The molecular weight excluding hydrogens is 270 g/mol. The minimum Gasteiger partial charge on any atom is -0.383 e. The van der Waals surface area contributed by atoms with E-state index >= 15 is 0 Å². The molecule has 0 atom stereocenters. The lowest BCUT2D eigenvalue weighted by Crippen LogP contribution is -2.34. The second kappa shape index (κ2) is 7.97. The number of benzene rings is 1. The third kappa shape index (κ3) is 6.12. The van der Waals surface area contributed by atoms with E-state index in [0.29, 0.717) is 18.3 Å². The van der Waals surface area contributed by atoms with Crippen LogP contribution in [0.25, 0.3) is 0 Å². The normalized spacial score (nSPS) is 11.6.